The number of fused-ring (bicyclic) bond motifs is 5. The van der Waals surface area contributed by atoms with Gasteiger partial charge in [-0.3, -0.25) is 19.3 Å². The molecule has 5 rings (SSSR count). The maximum absolute atomic E-state index is 13.4. The first-order valence-corrected chi connectivity index (χ1v) is 11.0. The molecule has 2 bridgehead atoms. The molecular formula is C25H23ClN2O3. The lowest BCUT2D eigenvalue weighted by Crippen LogP contribution is -2.49. The number of allylic oxidation sites excluding steroid dienone is 2. The van der Waals surface area contributed by atoms with E-state index in [1.807, 2.05) is 43.3 Å². The molecule has 3 amide bonds. The highest BCUT2D eigenvalue weighted by Gasteiger charge is 2.61. The fourth-order valence-electron chi connectivity index (χ4n) is 5.32. The van der Waals surface area contributed by atoms with Crippen LogP contribution in [0.5, 0.6) is 0 Å². The number of carbonyl (C=O) groups excluding carboxylic acids is 3. The monoisotopic (exact) mass is 434 g/mol. The van der Waals surface area contributed by atoms with Gasteiger partial charge in [0, 0.05) is 17.1 Å². The molecule has 0 spiro atoms. The molecule has 2 aromatic rings. The zero-order valence-electron chi connectivity index (χ0n) is 17.1. The van der Waals surface area contributed by atoms with Crippen LogP contribution in [-0.2, 0) is 20.8 Å². The molecule has 1 aliphatic heterocycles. The molecule has 0 unspecified atom stereocenters. The van der Waals surface area contributed by atoms with Crippen LogP contribution in [0.3, 0.4) is 0 Å². The van der Waals surface area contributed by atoms with Gasteiger partial charge in [-0.25, -0.2) is 0 Å². The van der Waals surface area contributed by atoms with Gasteiger partial charge in [0.05, 0.1) is 11.8 Å². The van der Waals surface area contributed by atoms with Crippen molar-refractivity contribution in [3.8, 4) is 0 Å². The Hall–Kier alpha value is -2.92. The number of imide groups is 1. The number of amides is 3. The van der Waals surface area contributed by atoms with E-state index in [1.54, 1.807) is 12.1 Å². The van der Waals surface area contributed by atoms with Crippen molar-refractivity contribution in [1.82, 2.24) is 4.90 Å². The number of anilines is 1. The predicted octanol–water partition coefficient (Wildman–Crippen LogP) is 4.01. The van der Waals surface area contributed by atoms with Crippen LogP contribution in [0, 0.1) is 30.6 Å². The van der Waals surface area contributed by atoms with Crippen LogP contribution in [0.25, 0.3) is 0 Å². The largest absolute Gasteiger partial charge is 0.324 e. The number of aryl methyl sites for hydroxylation is 1. The standard InChI is InChI=1S/C25H23ClN2O3/c1-14-7-10-18(26)13-19(14)27-23(29)20(11-15-5-3-2-4-6-15)28-24(30)21-16-8-9-17(12-16)22(21)25(28)31/h2-10,13,16-17,20-22H,11-12H2,1H3,(H,27,29)/t16-,17-,20-,21-,22+/m0/s1. The second kappa shape index (κ2) is 7.65. The fraction of sp³-hybridized carbons (Fsp3) is 0.320. The summed E-state index contributed by atoms with van der Waals surface area (Å²) >= 11 is 6.11. The highest BCUT2D eigenvalue weighted by Crippen LogP contribution is 2.53. The Labute approximate surface area is 186 Å². The van der Waals surface area contributed by atoms with Crippen LogP contribution < -0.4 is 5.32 Å². The van der Waals surface area contributed by atoms with Crippen LogP contribution in [-0.4, -0.2) is 28.7 Å². The number of nitrogens with zero attached hydrogens (tertiary/aromatic N) is 1. The van der Waals surface area contributed by atoms with Gasteiger partial charge >= 0.3 is 0 Å². The molecule has 6 heteroatoms. The SMILES string of the molecule is Cc1ccc(Cl)cc1NC(=O)[C@H](Cc1ccccc1)N1C(=O)[C@@H]2[C@H](C1=O)[C@H]1C=C[C@H]2C1. The van der Waals surface area contributed by atoms with E-state index < -0.39 is 6.04 Å². The summed E-state index contributed by atoms with van der Waals surface area (Å²) in [6.07, 6.45) is 5.24. The number of hydrogen-bond donors (Lipinski definition) is 1. The van der Waals surface area contributed by atoms with Crippen molar-refractivity contribution >= 4 is 35.0 Å². The molecule has 2 aromatic carbocycles. The van der Waals surface area contributed by atoms with Crippen molar-refractivity contribution in [2.45, 2.75) is 25.8 Å². The van der Waals surface area contributed by atoms with Crippen molar-refractivity contribution in [3.63, 3.8) is 0 Å². The van der Waals surface area contributed by atoms with Gasteiger partial charge in [-0.2, -0.15) is 0 Å². The van der Waals surface area contributed by atoms with Gasteiger partial charge in [0.25, 0.3) is 0 Å². The average molecular weight is 435 g/mol. The average Bonchev–Trinajstić information content (AvgIpc) is 3.44. The molecule has 1 heterocycles. The van der Waals surface area contributed by atoms with Crippen molar-refractivity contribution < 1.29 is 14.4 Å². The van der Waals surface area contributed by atoms with Crippen molar-refractivity contribution in [2.24, 2.45) is 23.7 Å². The second-order valence-electron chi connectivity index (χ2n) is 8.70. The summed E-state index contributed by atoms with van der Waals surface area (Å²) in [6.45, 7) is 1.87. The number of halogens is 1. The fourth-order valence-corrected chi connectivity index (χ4v) is 5.49. The Bertz CT molecular complexity index is 1070. The smallest absolute Gasteiger partial charge is 0.248 e. The molecule has 31 heavy (non-hydrogen) atoms. The first-order chi connectivity index (χ1) is 14.9. The predicted molar refractivity (Wildman–Crippen MR) is 118 cm³/mol. The lowest BCUT2D eigenvalue weighted by Gasteiger charge is -2.27. The molecule has 1 saturated carbocycles. The summed E-state index contributed by atoms with van der Waals surface area (Å²) < 4.78 is 0. The maximum Gasteiger partial charge on any atom is 0.248 e. The van der Waals surface area contributed by atoms with Crippen LogP contribution in [0.4, 0.5) is 5.69 Å². The Morgan fingerprint density at radius 2 is 1.71 bits per heavy atom. The van der Waals surface area contributed by atoms with Gasteiger partial charge in [0.1, 0.15) is 6.04 Å². The highest BCUT2D eigenvalue weighted by molar-refractivity contribution is 6.31. The third kappa shape index (κ3) is 3.37. The van der Waals surface area contributed by atoms with Crippen LogP contribution >= 0.6 is 11.6 Å². The number of nitrogens with one attached hydrogen (secondary N) is 1. The summed E-state index contributed by atoms with van der Waals surface area (Å²) in [5, 5.41) is 3.41. The van der Waals surface area contributed by atoms with Crippen LogP contribution in [0.2, 0.25) is 5.02 Å². The van der Waals surface area contributed by atoms with E-state index in [2.05, 4.69) is 17.5 Å². The quantitative estimate of drug-likeness (QED) is 0.571. The molecular weight excluding hydrogens is 412 g/mol. The molecule has 5 atom stereocenters. The minimum Gasteiger partial charge on any atom is -0.324 e. The number of carbonyl (C=O) groups is 3. The van der Waals surface area contributed by atoms with Gasteiger partial charge in [-0.15, -0.1) is 0 Å². The van der Waals surface area contributed by atoms with Crippen molar-refractivity contribution in [3.05, 3.63) is 76.8 Å². The zero-order chi connectivity index (χ0) is 21.7. The Morgan fingerprint density at radius 1 is 1.06 bits per heavy atom. The van der Waals surface area contributed by atoms with Crippen LogP contribution in [0.15, 0.2) is 60.7 Å². The van der Waals surface area contributed by atoms with E-state index >= 15 is 0 Å². The van der Waals surface area contributed by atoms with E-state index in [4.69, 9.17) is 11.6 Å². The molecule has 1 saturated heterocycles. The topological polar surface area (TPSA) is 66.5 Å². The Balaban J connectivity index is 1.47. The zero-order valence-corrected chi connectivity index (χ0v) is 17.9. The highest BCUT2D eigenvalue weighted by atomic mass is 35.5. The van der Waals surface area contributed by atoms with Gasteiger partial charge in [-0.1, -0.05) is 60.2 Å². The van der Waals surface area contributed by atoms with E-state index in [1.165, 1.54) is 4.90 Å². The Morgan fingerprint density at radius 3 is 2.35 bits per heavy atom. The molecule has 2 aliphatic carbocycles. The van der Waals surface area contributed by atoms with Gasteiger partial charge in [-0.05, 0) is 48.4 Å². The first-order valence-electron chi connectivity index (χ1n) is 10.6. The van der Waals surface area contributed by atoms with Crippen molar-refractivity contribution in [2.75, 3.05) is 5.32 Å². The lowest BCUT2D eigenvalue weighted by atomic mass is 9.85. The van der Waals surface area contributed by atoms with E-state index in [-0.39, 0.29) is 47.8 Å². The maximum atomic E-state index is 13.4. The normalized spacial score (nSPS) is 27.0. The van der Waals surface area contributed by atoms with Gasteiger partial charge in [0.15, 0.2) is 0 Å². The number of rotatable bonds is 5. The summed E-state index contributed by atoms with van der Waals surface area (Å²) in [6, 6.07) is 13.8. The number of benzene rings is 2. The molecule has 0 aromatic heterocycles. The third-order valence-corrected chi connectivity index (χ3v) is 7.08. The minimum absolute atomic E-state index is 0.104. The van der Waals surface area contributed by atoms with E-state index in [9.17, 15) is 14.4 Å². The van der Waals surface area contributed by atoms with Crippen LogP contribution in [0.1, 0.15) is 17.5 Å². The summed E-state index contributed by atoms with van der Waals surface area (Å²) in [7, 11) is 0. The van der Waals surface area contributed by atoms with Crippen molar-refractivity contribution in [1.29, 1.82) is 0 Å². The van der Waals surface area contributed by atoms with E-state index in [0.29, 0.717) is 10.7 Å². The lowest BCUT2D eigenvalue weighted by molar-refractivity contribution is -0.147. The summed E-state index contributed by atoms with van der Waals surface area (Å²) in [5.74, 6) is -1.27. The number of hydrogen-bond acceptors (Lipinski definition) is 3. The molecule has 5 nitrogen and oxygen atoms in total. The molecule has 3 aliphatic rings. The van der Waals surface area contributed by atoms with Gasteiger partial charge < -0.3 is 5.32 Å². The molecule has 158 valence electrons. The Kier molecular flexibility index (Phi) is 4.94. The first kappa shape index (κ1) is 20.0. The second-order valence-corrected chi connectivity index (χ2v) is 9.14. The summed E-state index contributed by atoms with van der Waals surface area (Å²) in [4.78, 5) is 41.4. The molecule has 0 radical (unpaired) electrons. The van der Waals surface area contributed by atoms with Gasteiger partial charge in [0.2, 0.25) is 17.7 Å². The summed E-state index contributed by atoms with van der Waals surface area (Å²) in [5.41, 5.74) is 2.33. The molecule has 2 fully saturated rings. The number of likely N-dealkylation sites (tertiary alicyclic amines) is 1. The van der Waals surface area contributed by atoms with E-state index in [0.717, 1.165) is 17.5 Å². The molecule has 1 N–H and O–H groups in total. The third-order valence-electron chi connectivity index (χ3n) is 6.85. The minimum atomic E-state index is -0.911.